The van der Waals surface area contributed by atoms with E-state index in [2.05, 4.69) is 17.0 Å². The average Bonchev–Trinajstić information content (AvgIpc) is 2.18. The van der Waals surface area contributed by atoms with Gasteiger partial charge in [0.15, 0.2) is 0 Å². The molecule has 0 spiro atoms. The summed E-state index contributed by atoms with van der Waals surface area (Å²) in [5.41, 5.74) is 5.62. The van der Waals surface area contributed by atoms with E-state index in [0.717, 1.165) is 6.07 Å². The lowest BCUT2D eigenvalue weighted by atomic mass is 10.1. The molecule has 7 heteroatoms. The Labute approximate surface area is 100 Å². The highest BCUT2D eigenvalue weighted by atomic mass is 32.1. The molecule has 0 aliphatic heterocycles. The fourth-order valence-corrected chi connectivity index (χ4v) is 1.29. The second-order valence-corrected chi connectivity index (χ2v) is 3.73. The van der Waals surface area contributed by atoms with Gasteiger partial charge in [-0.25, -0.2) is 4.39 Å². The SMILES string of the molecule is NC(=S)c1cc(COCC(F)(F)F)ccc1F. The van der Waals surface area contributed by atoms with Crippen molar-refractivity contribution >= 4 is 17.2 Å². The third-order valence-corrected chi connectivity index (χ3v) is 2.05. The molecule has 0 aliphatic rings. The van der Waals surface area contributed by atoms with Crippen molar-refractivity contribution in [1.29, 1.82) is 0 Å². The molecule has 0 radical (unpaired) electrons. The van der Waals surface area contributed by atoms with Gasteiger partial charge in [-0.15, -0.1) is 0 Å². The summed E-state index contributed by atoms with van der Waals surface area (Å²) >= 11 is 4.60. The van der Waals surface area contributed by atoms with E-state index in [0.29, 0.717) is 5.56 Å². The van der Waals surface area contributed by atoms with Crippen LogP contribution in [0.25, 0.3) is 0 Å². The van der Waals surface area contributed by atoms with Crippen molar-refractivity contribution in [2.75, 3.05) is 6.61 Å². The number of hydrogen-bond donors (Lipinski definition) is 1. The Morgan fingerprint density at radius 1 is 1.35 bits per heavy atom. The van der Waals surface area contributed by atoms with Crippen LogP contribution in [0.5, 0.6) is 0 Å². The summed E-state index contributed by atoms with van der Waals surface area (Å²) in [5, 5.41) is 0. The van der Waals surface area contributed by atoms with Crippen LogP contribution < -0.4 is 5.73 Å². The molecule has 2 N–H and O–H groups in total. The zero-order valence-corrected chi connectivity index (χ0v) is 9.37. The van der Waals surface area contributed by atoms with Gasteiger partial charge in [0.2, 0.25) is 0 Å². The van der Waals surface area contributed by atoms with E-state index in [1.54, 1.807) is 0 Å². The van der Waals surface area contributed by atoms with Crippen LogP contribution in [-0.4, -0.2) is 17.8 Å². The lowest BCUT2D eigenvalue weighted by Gasteiger charge is -2.09. The Bertz CT molecular complexity index is 419. The standard InChI is InChI=1S/C10H9F4NOS/c11-8-2-1-6(3-7(8)9(15)17)4-16-5-10(12,13)14/h1-3H,4-5H2,(H2,15,17). The maximum absolute atomic E-state index is 13.1. The zero-order chi connectivity index (χ0) is 13.1. The highest BCUT2D eigenvalue weighted by molar-refractivity contribution is 7.80. The van der Waals surface area contributed by atoms with Crippen molar-refractivity contribution < 1.29 is 22.3 Å². The molecule has 0 bridgehead atoms. The Morgan fingerprint density at radius 2 is 2.00 bits per heavy atom. The fraction of sp³-hybridized carbons (Fsp3) is 0.300. The molecule has 0 aliphatic carbocycles. The van der Waals surface area contributed by atoms with E-state index >= 15 is 0 Å². The summed E-state index contributed by atoms with van der Waals surface area (Å²) in [7, 11) is 0. The monoisotopic (exact) mass is 267 g/mol. The van der Waals surface area contributed by atoms with Crippen molar-refractivity contribution in [3.63, 3.8) is 0 Å². The van der Waals surface area contributed by atoms with Gasteiger partial charge in [-0.2, -0.15) is 13.2 Å². The van der Waals surface area contributed by atoms with Gasteiger partial charge >= 0.3 is 6.18 Å². The number of thiocarbonyl (C=S) groups is 1. The Morgan fingerprint density at radius 3 is 2.53 bits per heavy atom. The number of hydrogen-bond acceptors (Lipinski definition) is 2. The van der Waals surface area contributed by atoms with E-state index in [9.17, 15) is 17.6 Å². The average molecular weight is 267 g/mol. The van der Waals surface area contributed by atoms with Gasteiger partial charge in [-0.1, -0.05) is 18.3 Å². The third-order valence-electron chi connectivity index (χ3n) is 1.83. The zero-order valence-electron chi connectivity index (χ0n) is 8.55. The van der Waals surface area contributed by atoms with Crippen LogP contribution >= 0.6 is 12.2 Å². The number of benzene rings is 1. The van der Waals surface area contributed by atoms with Gasteiger partial charge in [0, 0.05) is 5.56 Å². The van der Waals surface area contributed by atoms with Crippen LogP contribution in [-0.2, 0) is 11.3 Å². The van der Waals surface area contributed by atoms with Crippen LogP contribution in [0, 0.1) is 5.82 Å². The first-order valence-electron chi connectivity index (χ1n) is 4.52. The molecule has 17 heavy (non-hydrogen) atoms. The van der Waals surface area contributed by atoms with Gasteiger partial charge in [0.1, 0.15) is 17.4 Å². The first kappa shape index (κ1) is 13.9. The fourth-order valence-electron chi connectivity index (χ4n) is 1.14. The van der Waals surface area contributed by atoms with E-state index < -0.39 is 18.6 Å². The molecular formula is C10H9F4NOS. The molecule has 1 aromatic carbocycles. The quantitative estimate of drug-likeness (QED) is 0.672. The molecule has 0 unspecified atom stereocenters. The molecule has 0 heterocycles. The Balaban J connectivity index is 2.67. The first-order valence-corrected chi connectivity index (χ1v) is 4.93. The normalized spacial score (nSPS) is 11.5. The topological polar surface area (TPSA) is 35.2 Å². The lowest BCUT2D eigenvalue weighted by Crippen LogP contribution is -2.17. The first-order chi connectivity index (χ1) is 7.79. The van der Waals surface area contributed by atoms with E-state index in [-0.39, 0.29) is 17.2 Å². The maximum Gasteiger partial charge on any atom is 0.411 e. The third kappa shape index (κ3) is 4.66. The van der Waals surface area contributed by atoms with Crippen molar-refractivity contribution in [2.45, 2.75) is 12.8 Å². The molecule has 1 aromatic rings. The number of ether oxygens (including phenoxy) is 1. The minimum Gasteiger partial charge on any atom is -0.389 e. The minimum atomic E-state index is -4.38. The molecule has 2 nitrogen and oxygen atoms in total. The van der Waals surface area contributed by atoms with Crippen molar-refractivity contribution in [3.05, 3.63) is 35.1 Å². The molecule has 1 rings (SSSR count). The van der Waals surface area contributed by atoms with Crippen molar-refractivity contribution in [3.8, 4) is 0 Å². The van der Waals surface area contributed by atoms with Gasteiger partial charge in [0.05, 0.1) is 6.61 Å². The largest absolute Gasteiger partial charge is 0.411 e. The molecule has 94 valence electrons. The van der Waals surface area contributed by atoms with Gasteiger partial charge in [-0.05, 0) is 17.7 Å². The number of rotatable bonds is 4. The lowest BCUT2D eigenvalue weighted by molar-refractivity contribution is -0.176. The highest BCUT2D eigenvalue weighted by Gasteiger charge is 2.27. The summed E-state index contributed by atoms with van der Waals surface area (Å²) in [4.78, 5) is -0.153. The Hall–Kier alpha value is -1.21. The van der Waals surface area contributed by atoms with Gasteiger partial charge in [-0.3, -0.25) is 0 Å². The second kappa shape index (κ2) is 5.42. The summed E-state index contributed by atoms with van der Waals surface area (Å²) in [6, 6.07) is 3.67. The molecular weight excluding hydrogens is 258 g/mol. The molecule has 0 fully saturated rings. The van der Waals surface area contributed by atoms with Crippen molar-refractivity contribution in [1.82, 2.24) is 0 Å². The predicted octanol–water partition coefficient (Wildman–Crippen LogP) is 2.54. The van der Waals surface area contributed by atoms with Crippen molar-refractivity contribution in [2.24, 2.45) is 5.73 Å². The van der Waals surface area contributed by atoms with E-state index in [1.807, 2.05) is 0 Å². The summed E-state index contributed by atoms with van der Waals surface area (Å²) < 4.78 is 53.0. The summed E-state index contributed by atoms with van der Waals surface area (Å²) in [6.45, 7) is -1.64. The highest BCUT2D eigenvalue weighted by Crippen LogP contribution is 2.16. The minimum absolute atomic E-state index is 0.00638. The van der Waals surface area contributed by atoms with Crippen LogP contribution in [0.2, 0.25) is 0 Å². The smallest absolute Gasteiger partial charge is 0.389 e. The van der Waals surface area contributed by atoms with Crippen LogP contribution in [0.1, 0.15) is 11.1 Å². The summed E-state index contributed by atoms with van der Waals surface area (Å²) in [6.07, 6.45) is -4.38. The number of halogens is 4. The number of alkyl halides is 3. The van der Waals surface area contributed by atoms with Gasteiger partial charge < -0.3 is 10.5 Å². The second-order valence-electron chi connectivity index (χ2n) is 3.29. The maximum atomic E-state index is 13.1. The van der Waals surface area contributed by atoms with Crippen LogP contribution in [0.15, 0.2) is 18.2 Å². The number of nitrogens with two attached hydrogens (primary N) is 1. The van der Waals surface area contributed by atoms with Gasteiger partial charge in [0.25, 0.3) is 0 Å². The predicted molar refractivity (Wildman–Crippen MR) is 58.0 cm³/mol. The molecule has 0 atom stereocenters. The molecule has 0 aromatic heterocycles. The molecule has 0 amide bonds. The van der Waals surface area contributed by atoms with E-state index in [1.165, 1.54) is 12.1 Å². The molecule has 0 saturated heterocycles. The summed E-state index contributed by atoms with van der Waals surface area (Å²) in [5.74, 6) is -0.614. The Kier molecular flexibility index (Phi) is 4.41. The van der Waals surface area contributed by atoms with Crippen LogP contribution in [0.3, 0.4) is 0 Å². The van der Waals surface area contributed by atoms with Crippen LogP contribution in [0.4, 0.5) is 17.6 Å². The molecule has 0 saturated carbocycles. The van der Waals surface area contributed by atoms with E-state index in [4.69, 9.17) is 5.73 Å².